The smallest absolute Gasteiger partial charge is 0.180 e. The highest BCUT2D eigenvalue weighted by molar-refractivity contribution is 7.15. The van der Waals surface area contributed by atoms with Crippen molar-refractivity contribution in [3.63, 3.8) is 0 Å². The average Bonchev–Trinajstić information content (AvgIpc) is 3.29. The Morgan fingerprint density at radius 1 is 1.03 bits per heavy atom. The van der Waals surface area contributed by atoms with Crippen molar-refractivity contribution < 1.29 is 0 Å². The molecular weight excluding hydrogens is 378 g/mol. The molecule has 4 aromatic rings. The minimum absolute atomic E-state index is 0.699. The third-order valence-electron chi connectivity index (χ3n) is 5.37. The maximum absolute atomic E-state index is 5.85. The molecule has 6 heteroatoms. The summed E-state index contributed by atoms with van der Waals surface area (Å²) in [5.41, 5.74) is 11.4. The molecule has 0 saturated heterocycles. The fourth-order valence-corrected chi connectivity index (χ4v) is 4.73. The summed E-state index contributed by atoms with van der Waals surface area (Å²) in [5.74, 6) is 0.909. The Morgan fingerprint density at radius 2 is 1.90 bits per heavy atom. The summed E-state index contributed by atoms with van der Waals surface area (Å²) in [4.78, 5) is 16.6. The lowest BCUT2D eigenvalue weighted by atomic mass is 10.1. The average molecular weight is 402 g/mol. The number of nitrogens with two attached hydrogens (primary N) is 1. The van der Waals surface area contributed by atoms with Gasteiger partial charge in [0.2, 0.25) is 0 Å². The molecule has 0 spiro atoms. The molecule has 0 amide bonds. The Kier molecular flexibility index (Phi) is 4.87. The van der Waals surface area contributed by atoms with E-state index in [1.54, 1.807) is 11.3 Å². The fourth-order valence-electron chi connectivity index (χ4n) is 3.86. The molecule has 2 aromatic carbocycles. The first kappa shape index (κ1) is 18.1. The largest absolute Gasteiger partial charge is 0.375 e. The highest BCUT2D eigenvalue weighted by Crippen LogP contribution is 2.25. The second-order valence-corrected chi connectivity index (χ2v) is 8.43. The second kappa shape index (κ2) is 7.81. The lowest BCUT2D eigenvalue weighted by molar-refractivity contribution is 0.318. The van der Waals surface area contributed by atoms with Crippen LogP contribution < -0.4 is 5.73 Å². The molecule has 0 bridgehead atoms. The van der Waals surface area contributed by atoms with Crippen LogP contribution >= 0.6 is 11.3 Å². The van der Waals surface area contributed by atoms with E-state index < -0.39 is 0 Å². The van der Waals surface area contributed by atoms with Crippen LogP contribution in [0.4, 0.5) is 5.13 Å². The van der Waals surface area contributed by atoms with Gasteiger partial charge in [-0.05, 0) is 12.5 Å². The Labute approximate surface area is 173 Å². The zero-order valence-electron chi connectivity index (χ0n) is 16.1. The van der Waals surface area contributed by atoms with Crippen LogP contribution in [0.2, 0.25) is 0 Å². The van der Waals surface area contributed by atoms with Crippen LogP contribution in [0.15, 0.2) is 54.6 Å². The van der Waals surface area contributed by atoms with Crippen molar-refractivity contribution >= 4 is 33.6 Å². The first-order valence-electron chi connectivity index (χ1n) is 9.93. The number of benzene rings is 2. The van der Waals surface area contributed by atoms with E-state index >= 15 is 0 Å². The van der Waals surface area contributed by atoms with E-state index in [2.05, 4.69) is 57.4 Å². The van der Waals surface area contributed by atoms with E-state index in [9.17, 15) is 0 Å². The molecule has 3 N–H and O–H groups in total. The Balaban J connectivity index is 1.31. The predicted molar refractivity (Wildman–Crippen MR) is 121 cm³/mol. The minimum Gasteiger partial charge on any atom is -0.375 e. The van der Waals surface area contributed by atoms with Crippen molar-refractivity contribution in [2.45, 2.75) is 12.8 Å². The Bertz CT molecular complexity index is 1130. The van der Waals surface area contributed by atoms with E-state index in [1.807, 2.05) is 18.2 Å². The standard InChI is InChI=1S/C23H23N5S/c24-23-26-18-11-14-28(15-12-20(18)29-23)13-5-9-16-8-4-10-19-21(16)27-22(25-19)17-6-2-1-3-7-17/h1-10H,11-15H2,(H2,24,26)(H,25,27). The Morgan fingerprint density at radius 3 is 2.79 bits per heavy atom. The van der Waals surface area contributed by atoms with Crippen molar-refractivity contribution in [2.24, 2.45) is 0 Å². The van der Waals surface area contributed by atoms with Gasteiger partial charge >= 0.3 is 0 Å². The number of aromatic amines is 1. The van der Waals surface area contributed by atoms with Crippen LogP contribution in [0.1, 0.15) is 16.1 Å². The molecule has 1 aliphatic rings. The zero-order chi connectivity index (χ0) is 19.6. The number of imidazole rings is 1. The summed E-state index contributed by atoms with van der Waals surface area (Å²) in [5, 5.41) is 0.699. The zero-order valence-corrected chi connectivity index (χ0v) is 17.0. The van der Waals surface area contributed by atoms with Crippen molar-refractivity contribution in [1.82, 2.24) is 19.9 Å². The summed E-state index contributed by atoms with van der Waals surface area (Å²) < 4.78 is 0. The second-order valence-electron chi connectivity index (χ2n) is 7.32. The number of nitrogens with one attached hydrogen (secondary N) is 1. The molecule has 0 fully saturated rings. The van der Waals surface area contributed by atoms with E-state index in [0.717, 1.165) is 60.5 Å². The molecule has 2 aromatic heterocycles. The van der Waals surface area contributed by atoms with Gasteiger partial charge < -0.3 is 10.7 Å². The van der Waals surface area contributed by atoms with E-state index in [-0.39, 0.29) is 0 Å². The fraction of sp³-hybridized carbons (Fsp3) is 0.217. The molecule has 5 nitrogen and oxygen atoms in total. The van der Waals surface area contributed by atoms with Crippen molar-refractivity contribution in [3.05, 3.63) is 70.7 Å². The maximum atomic E-state index is 5.85. The van der Waals surface area contributed by atoms with Gasteiger partial charge in [0.05, 0.1) is 16.7 Å². The number of nitrogen functional groups attached to an aromatic ring is 1. The normalized spacial score (nSPS) is 15.0. The highest BCUT2D eigenvalue weighted by Gasteiger charge is 2.16. The summed E-state index contributed by atoms with van der Waals surface area (Å²) in [6.45, 7) is 2.99. The van der Waals surface area contributed by atoms with Crippen molar-refractivity contribution in [1.29, 1.82) is 0 Å². The lowest BCUT2D eigenvalue weighted by Gasteiger charge is -2.17. The van der Waals surface area contributed by atoms with Crippen LogP contribution in [0.25, 0.3) is 28.5 Å². The topological polar surface area (TPSA) is 70.8 Å². The van der Waals surface area contributed by atoms with Gasteiger partial charge in [0.1, 0.15) is 5.82 Å². The molecule has 3 heterocycles. The third kappa shape index (κ3) is 3.81. The number of anilines is 1. The summed E-state index contributed by atoms with van der Waals surface area (Å²) in [6.07, 6.45) is 6.45. The molecule has 0 saturated carbocycles. The number of hydrogen-bond acceptors (Lipinski definition) is 5. The van der Waals surface area contributed by atoms with Crippen LogP contribution in [-0.2, 0) is 12.8 Å². The van der Waals surface area contributed by atoms with Crippen LogP contribution in [0, 0.1) is 0 Å². The monoisotopic (exact) mass is 401 g/mol. The maximum Gasteiger partial charge on any atom is 0.180 e. The molecule has 0 unspecified atom stereocenters. The number of fused-ring (bicyclic) bond motifs is 2. The van der Waals surface area contributed by atoms with Gasteiger partial charge in [-0.2, -0.15) is 0 Å². The van der Waals surface area contributed by atoms with Gasteiger partial charge in [0.25, 0.3) is 0 Å². The van der Waals surface area contributed by atoms with Crippen LogP contribution in [-0.4, -0.2) is 39.5 Å². The van der Waals surface area contributed by atoms with Gasteiger partial charge in [-0.1, -0.05) is 54.6 Å². The van der Waals surface area contributed by atoms with E-state index in [4.69, 9.17) is 10.7 Å². The number of aromatic nitrogens is 3. The lowest BCUT2D eigenvalue weighted by Crippen LogP contribution is -2.26. The summed E-state index contributed by atoms with van der Waals surface area (Å²) in [7, 11) is 0. The molecule has 0 aliphatic carbocycles. The van der Waals surface area contributed by atoms with Crippen molar-refractivity contribution in [2.75, 3.05) is 25.4 Å². The van der Waals surface area contributed by atoms with Gasteiger partial charge in [-0.3, -0.25) is 4.90 Å². The number of para-hydroxylation sites is 1. The minimum atomic E-state index is 0.699. The van der Waals surface area contributed by atoms with Gasteiger partial charge in [0, 0.05) is 42.1 Å². The number of hydrogen-bond donors (Lipinski definition) is 2. The number of thiazole rings is 1. The van der Waals surface area contributed by atoms with Crippen molar-refractivity contribution in [3.8, 4) is 11.4 Å². The molecule has 5 rings (SSSR count). The molecular formula is C23H23N5S. The number of nitrogens with zero attached hydrogens (tertiary/aromatic N) is 3. The first-order chi connectivity index (χ1) is 14.3. The SMILES string of the molecule is Nc1nc2c(s1)CCN(CC=Cc1cccc3[nH]c(-c4ccccc4)nc13)CC2. The Hall–Kier alpha value is -2.96. The summed E-state index contributed by atoms with van der Waals surface area (Å²) >= 11 is 1.64. The molecule has 1 aliphatic heterocycles. The van der Waals surface area contributed by atoms with Gasteiger partial charge in [-0.25, -0.2) is 9.97 Å². The first-order valence-corrected chi connectivity index (χ1v) is 10.7. The molecule has 0 atom stereocenters. The van der Waals surface area contributed by atoms with Crippen LogP contribution in [0.3, 0.4) is 0 Å². The summed E-state index contributed by atoms with van der Waals surface area (Å²) in [6, 6.07) is 16.5. The van der Waals surface area contributed by atoms with Gasteiger partial charge in [0.15, 0.2) is 5.13 Å². The third-order valence-corrected chi connectivity index (χ3v) is 6.35. The molecule has 146 valence electrons. The van der Waals surface area contributed by atoms with E-state index in [1.165, 1.54) is 10.6 Å². The number of rotatable bonds is 4. The quantitative estimate of drug-likeness (QED) is 0.532. The highest BCUT2D eigenvalue weighted by atomic mass is 32.1. The van der Waals surface area contributed by atoms with Crippen LogP contribution in [0.5, 0.6) is 0 Å². The molecule has 0 radical (unpaired) electrons. The van der Waals surface area contributed by atoms with Gasteiger partial charge in [-0.15, -0.1) is 11.3 Å². The van der Waals surface area contributed by atoms with E-state index in [0.29, 0.717) is 5.13 Å². The molecule has 29 heavy (non-hydrogen) atoms. The number of H-pyrrole nitrogens is 1. The predicted octanol–water partition coefficient (Wildman–Crippen LogP) is 4.38.